The Morgan fingerprint density at radius 3 is 2.23 bits per heavy atom. The normalized spacial score (nSPS) is 12.8. The molecule has 0 saturated carbocycles. The van der Waals surface area contributed by atoms with Crippen molar-refractivity contribution in [1.82, 2.24) is 0 Å². The van der Waals surface area contributed by atoms with E-state index < -0.39 is 0 Å². The predicted molar refractivity (Wildman–Crippen MR) is 57.7 cm³/mol. The maximum absolute atomic E-state index is 6.00. The number of rotatable bonds is 4. The lowest BCUT2D eigenvalue weighted by Gasteiger charge is -2.10. The number of benzene rings is 1. The quantitative estimate of drug-likeness (QED) is 0.751. The molecule has 1 heteroatoms. The molecule has 72 valence electrons. The first-order valence-corrected chi connectivity index (χ1v) is 5.12. The van der Waals surface area contributed by atoms with Crippen LogP contribution >= 0.6 is 0 Å². The van der Waals surface area contributed by atoms with Crippen molar-refractivity contribution in [3.05, 3.63) is 35.4 Å². The Bertz CT molecular complexity index is 238. The van der Waals surface area contributed by atoms with E-state index in [2.05, 4.69) is 38.1 Å². The molecular formula is C12H19N. The molecule has 0 spiro atoms. The summed E-state index contributed by atoms with van der Waals surface area (Å²) in [5.41, 5.74) is 8.64. The third-order valence-corrected chi connectivity index (χ3v) is 2.42. The average molecular weight is 177 g/mol. The first-order chi connectivity index (χ1) is 6.27. The molecule has 1 aromatic rings. The molecule has 0 aliphatic carbocycles. The molecule has 13 heavy (non-hydrogen) atoms. The Labute approximate surface area is 81.0 Å². The molecule has 0 aromatic heterocycles. The molecular weight excluding hydrogens is 158 g/mol. The second-order valence-corrected chi connectivity index (χ2v) is 3.49. The second-order valence-electron chi connectivity index (χ2n) is 3.49. The molecule has 0 amide bonds. The largest absolute Gasteiger partial charge is 0.324 e. The van der Waals surface area contributed by atoms with Crippen molar-refractivity contribution in [2.24, 2.45) is 5.73 Å². The Hall–Kier alpha value is -0.820. The zero-order valence-electron chi connectivity index (χ0n) is 8.59. The van der Waals surface area contributed by atoms with E-state index >= 15 is 0 Å². The maximum atomic E-state index is 6.00. The third-order valence-electron chi connectivity index (χ3n) is 2.42. The van der Waals surface area contributed by atoms with Gasteiger partial charge in [-0.2, -0.15) is 0 Å². The highest BCUT2D eigenvalue weighted by atomic mass is 14.6. The lowest BCUT2D eigenvalue weighted by molar-refractivity contribution is 0.638. The zero-order valence-corrected chi connectivity index (χ0v) is 8.59. The minimum atomic E-state index is 0.218. The van der Waals surface area contributed by atoms with Crippen LogP contribution in [0.5, 0.6) is 0 Å². The molecule has 0 fully saturated rings. The molecule has 0 radical (unpaired) electrons. The SMILES string of the molecule is CCC[C@H](N)c1ccc(CC)cc1. The van der Waals surface area contributed by atoms with Crippen LogP contribution in [0.1, 0.15) is 43.9 Å². The van der Waals surface area contributed by atoms with Gasteiger partial charge in [-0.15, -0.1) is 0 Å². The molecule has 0 unspecified atom stereocenters. The van der Waals surface area contributed by atoms with E-state index in [-0.39, 0.29) is 6.04 Å². The summed E-state index contributed by atoms with van der Waals surface area (Å²) in [5, 5.41) is 0. The van der Waals surface area contributed by atoms with Crippen LogP contribution < -0.4 is 5.73 Å². The summed E-state index contributed by atoms with van der Waals surface area (Å²) in [7, 11) is 0. The molecule has 0 bridgehead atoms. The van der Waals surface area contributed by atoms with Crippen molar-refractivity contribution in [2.75, 3.05) is 0 Å². The summed E-state index contributed by atoms with van der Waals surface area (Å²) >= 11 is 0. The highest BCUT2D eigenvalue weighted by Crippen LogP contribution is 2.16. The van der Waals surface area contributed by atoms with Gasteiger partial charge in [-0.3, -0.25) is 0 Å². The Kier molecular flexibility index (Phi) is 3.97. The summed E-state index contributed by atoms with van der Waals surface area (Å²) in [6.07, 6.45) is 3.32. The fourth-order valence-electron chi connectivity index (χ4n) is 1.48. The van der Waals surface area contributed by atoms with E-state index in [4.69, 9.17) is 5.73 Å². The van der Waals surface area contributed by atoms with Crippen molar-refractivity contribution in [2.45, 2.75) is 39.2 Å². The minimum Gasteiger partial charge on any atom is -0.324 e. The highest BCUT2D eigenvalue weighted by Gasteiger charge is 2.03. The summed E-state index contributed by atoms with van der Waals surface area (Å²) in [5.74, 6) is 0. The number of hydrogen-bond donors (Lipinski definition) is 1. The molecule has 1 aromatic carbocycles. The van der Waals surface area contributed by atoms with E-state index in [0.29, 0.717) is 0 Å². The van der Waals surface area contributed by atoms with Gasteiger partial charge >= 0.3 is 0 Å². The highest BCUT2D eigenvalue weighted by molar-refractivity contribution is 5.24. The van der Waals surface area contributed by atoms with E-state index in [1.165, 1.54) is 11.1 Å². The fourth-order valence-corrected chi connectivity index (χ4v) is 1.48. The van der Waals surface area contributed by atoms with Gasteiger partial charge in [0.05, 0.1) is 0 Å². The van der Waals surface area contributed by atoms with Crippen molar-refractivity contribution in [3.8, 4) is 0 Å². The first-order valence-electron chi connectivity index (χ1n) is 5.12. The Morgan fingerprint density at radius 1 is 1.15 bits per heavy atom. The third kappa shape index (κ3) is 2.85. The van der Waals surface area contributed by atoms with E-state index in [0.717, 1.165) is 19.3 Å². The van der Waals surface area contributed by atoms with Crippen molar-refractivity contribution >= 4 is 0 Å². The van der Waals surface area contributed by atoms with E-state index in [1.807, 2.05) is 0 Å². The minimum absolute atomic E-state index is 0.218. The van der Waals surface area contributed by atoms with Crippen molar-refractivity contribution in [1.29, 1.82) is 0 Å². The standard InChI is InChI=1S/C12H19N/c1-3-5-12(13)11-8-6-10(4-2)7-9-11/h6-9,12H,3-5,13H2,1-2H3/t12-/m0/s1. The van der Waals surface area contributed by atoms with Crippen LogP contribution in [0.15, 0.2) is 24.3 Å². The zero-order chi connectivity index (χ0) is 9.68. The number of aryl methyl sites for hydroxylation is 1. The van der Waals surface area contributed by atoms with Gasteiger partial charge in [0.2, 0.25) is 0 Å². The van der Waals surface area contributed by atoms with Gasteiger partial charge in [-0.25, -0.2) is 0 Å². The first kappa shape index (κ1) is 10.3. The number of hydrogen-bond acceptors (Lipinski definition) is 1. The molecule has 2 N–H and O–H groups in total. The lowest BCUT2D eigenvalue weighted by atomic mass is 10.0. The van der Waals surface area contributed by atoms with Gasteiger partial charge in [0.1, 0.15) is 0 Å². The molecule has 1 atom stereocenters. The summed E-state index contributed by atoms with van der Waals surface area (Å²) < 4.78 is 0. The average Bonchev–Trinajstić information content (AvgIpc) is 2.18. The predicted octanol–water partition coefficient (Wildman–Crippen LogP) is 3.05. The lowest BCUT2D eigenvalue weighted by Crippen LogP contribution is -2.09. The summed E-state index contributed by atoms with van der Waals surface area (Å²) in [4.78, 5) is 0. The number of nitrogens with two attached hydrogens (primary N) is 1. The van der Waals surface area contributed by atoms with Crippen LogP contribution in [0, 0.1) is 0 Å². The monoisotopic (exact) mass is 177 g/mol. The van der Waals surface area contributed by atoms with Gasteiger partial charge in [0, 0.05) is 6.04 Å². The van der Waals surface area contributed by atoms with Crippen LogP contribution in [0.4, 0.5) is 0 Å². The van der Waals surface area contributed by atoms with Gasteiger partial charge in [0.25, 0.3) is 0 Å². The maximum Gasteiger partial charge on any atom is 0.0294 e. The van der Waals surface area contributed by atoms with Crippen LogP contribution in [-0.4, -0.2) is 0 Å². The molecule has 1 nitrogen and oxygen atoms in total. The van der Waals surface area contributed by atoms with E-state index in [9.17, 15) is 0 Å². The summed E-state index contributed by atoms with van der Waals surface area (Å²) in [6, 6.07) is 8.87. The second kappa shape index (κ2) is 5.03. The van der Waals surface area contributed by atoms with Crippen molar-refractivity contribution < 1.29 is 0 Å². The van der Waals surface area contributed by atoms with Gasteiger partial charge in [-0.05, 0) is 24.0 Å². The van der Waals surface area contributed by atoms with Gasteiger partial charge in [-0.1, -0.05) is 44.5 Å². The molecule has 0 saturated heterocycles. The molecule has 0 aliphatic heterocycles. The van der Waals surface area contributed by atoms with E-state index in [1.54, 1.807) is 0 Å². The van der Waals surface area contributed by atoms with Crippen LogP contribution in [-0.2, 0) is 6.42 Å². The Morgan fingerprint density at radius 2 is 1.77 bits per heavy atom. The topological polar surface area (TPSA) is 26.0 Å². The van der Waals surface area contributed by atoms with Crippen LogP contribution in [0.3, 0.4) is 0 Å². The molecule has 0 heterocycles. The van der Waals surface area contributed by atoms with Crippen LogP contribution in [0.25, 0.3) is 0 Å². The van der Waals surface area contributed by atoms with Crippen molar-refractivity contribution in [3.63, 3.8) is 0 Å². The fraction of sp³-hybridized carbons (Fsp3) is 0.500. The molecule has 0 aliphatic rings. The van der Waals surface area contributed by atoms with Crippen LogP contribution in [0.2, 0.25) is 0 Å². The van der Waals surface area contributed by atoms with Gasteiger partial charge in [0.15, 0.2) is 0 Å². The molecule has 1 rings (SSSR count). The Balaban J connectivity index is 2.67. The van der Waals surface area contributed by atoms with Gasteiger partial charge < -0.3 is 5.73 Å². The summed E-state index contributed by atoms with van der Waals surface area (Å²) in [6.45, 7) is 4.33. The smallest absolute Gasteiger partial charge is 0.0294 e.